The number of carbonyl (C=O) groups is 1. The number of hydrogen-bond acceptors (Lipinski definition) is 1. The lowest BCUT2D eigenvalue weighted by Crippen LogP contribution is -2.61. The Labute approximate surface area is 109 Å². The van der Waals surface area contributed by atoms with Crippen molar-refractivity contribution in [2.24, 2.45) is 28.6 Å². The SMILES string of the molecule is CCC1(CC)C2CC3CC(C2)CC1(C(=O)Cl)C3. The molecule has 0 radical (unpaired) electrons. The first-order valence-electron chi connectivity index (χ1n) is 7.28. The van der Waals surface area contributed by atoms with Crippen LogP contribution in [-0.2, 0) is 4.79 Å². The predicted octanol–water partition coefficient (Wildman–Crippen LogP) is 4.38. The maximum Gasteiger partial charge on any atom is 0.228 e. The van der Waals surface area contributed by atoms with Crippen molar-refractivity contribution in [1.29, 1.82) is 0 Å². The summed E-state index contributed by atoms with van der Waals surface area (Å²) in [5.41, 5.74) is 0.0616. The largest absolute Gasteiger partial charge is 0.281 e. The molecule has 0 amide bonds. The molecule has 0 aromatic carbocycles. The second-order valence-corrected chi connectivity index (χ2v) is 7.11. The van der Waals surface area contributed by atoms with Crippen molar-refractivity contribution in [2.45, 2.75) is 58.8 Å². The Bertz CT molecular complexity index is 331. The summed E-state index contributed by atoms with van der Waals surface area (Å²) < 4.78 is 0. The van der Waals surface area contributed by atoms with Gasteiger partial charge in [-0.1, -0.05) is 13.8 Å². The van der Waals surface area contributed by atoms with E-state index in [1.54, 1.807) is 0 Å². The van der Waals surface area contributed by atoms with Gasteiger partial charge in [-0.05, 0) is 79.7 Å². The highest BCUT2D eigenvalue weighted by Crippen LogP contribution is 2.71. The van der Waals surface area contributed by atoms with Gasteiger partial charge in [0.05, 0.1) is 5.41 Å². The van der Waals surface area contributed by atoms with Crippen LogP contribution in [0.3, 0.4) is 0 Å². The van der Waals surface area contributed by atoms with Crippen LogP contribution in [0.2, 0.25) is 0 Å². The summed E-state index contributed by atoms with van der Waals surface area (Å²) in [4.78, 5) is 12.2. The van der Waals surface area contributed by atoms with E-state index in [0.29, 0.717) is 0 Å². The Kier molecular flexibility index (Phi) is 2.63. The monoisotopic (exact) mass is 254 g/mol. The molecule has 2 unspecified atom stereocenters. The standard InChI is InChI=1S/C15H23ClO/c1-3-14(4-2)12-6-10-5-11(7-12)9-15(14,8-10)13(16)17/h10-12H,3-9H2,1-2H3. The first-order chi connectivity index (χ1) is 8.08. The third-order valence-electron chi connectivity index (χ3n) is 6.55. The Morgan fingerprint density at radius 2 is 1.65 bits per heavy atom. The fourth-order valence-corrected chi connectivity index (χ4v) is 6.42. The van der Waals surface area contributed by atoms with Gasteiger partial charge in [0.25, 0.3) is 0 Å². The molecular weight excluding hydrogens is 232 g/mol. The topological polar surface area (TPSA) is 17.1 Å². The Hall–Kier alpha value is -0.0400. The molecule has 4 rings (SSSR count). The molecule has 4 saturated carbocycles. The lowest BCUT2D eigenvalue weighted by atomic mass is 9.38. The number of carbonyl (C=O) groups excluding carboxylic acids is 1. The van der Waals surface area contributed by atoms with Crippen LogP contribution in [-0.4, -0.2) is 5.24 Å². The fourth-order valence-electron chi connectivity index (χ4n) is 6.08. The molecule has 0 saturated heterocycles. The Balaban J connectivity index is 2.10. The van der Waals surface area contributed by atoms with Gasteiger partial charge in [-0.15, -0.1) is 0 Å². The van der Waals surface area contributed by atoms with Crippen molar-refractivity contribution < 1.29 is 4.79 Å². The molecule has 0 aliphatic heterocycles. The van der Waals surface area contributed by atoms with Crippen molar-refractivity contribution in [3.05, 3.63) is 0 Å². The van der Waals surface area contributed by atoms with Crippen LogP contribution < -0.4 is 0 Å². The highest BCUT2D eigenvalue weighted by atomic mass is 35.5. The van der Waals surface area contributed by atoms with Crippen LogP contribution in [0.25, 0.3) is 0 Å². The second-order valence-electron chi connectivity index (χ2n) is 6.76. The van der Waals surface area contributed by atoms with E-state index >= 15 is 0 Å². The van der Waals surface area contributed by atoms with Gasteiger partial charge in [0.1, 0.15) is 0 Å². The maximum atomic E-state index is 12.2. The summed E-state index contributed by atoms with van der Waals surface area (Å²) in [6.45, 7) is 4.54. The highest BCUT2D eigenvalue weighted by Gasteiger charge is 2.66. The van der Waals surface area contributed by atoms with Crippen LogP contribution in [0.5, 0.6) is 0 Å². The van der Waals surface area contributed by atoms with Gasteiger partial charge >= 0.3 is 0 Å². The molecule has 17 heavy (non-hydrogen) atoms. The van der Waals surface area contributed by atoms with Gasteiger partial charge < -0.3 is 0 Å². The lowest BCUT2D eigenvalue weighted by molar-refractivity contribution is -0.184. The zero-order chi connectivity index (χ0) is 12.3. The minimum atomic E-state index is -0.160. The van der Waals surface area contributed by atoms with E-state index in [2.05, 4.69) is 13.8 Å². The van der Waals surface area contributed by atoms with Crippen LogP contribution in [0, 0.1) is 28.6 Å². The Morgan fingerprint density at radius 3 is 2.06 bits per heavy atom. The molecule has 96 valence electrons. The summed E-state index contributed by atoms with van der Waals surface area (Å²) in [5.74, 6) is 2.36. The molecule has 4 aliphatic carbocycles. The van der Waals surface area contributed by atoms with Gasteiger partial charge in [0.2, 0.25) is 5.24 Å². The first-order valence-corrected chi connectivity index (χ1v) is 7.65. The highest BCUT2D eigenvalue weighted by molar-refractivity contribution is 6.64. The third kappa shape index (κ3) is 1.30. The number of hydrogen-bond donors (Lipinski definition) is 0. The minimum absolute atomic E-state index is 0.0136. The van der Waals surface area contributed by atoms with E-state index in [1.165, 1.54) is 19.3 Å². The fraction of sp³-hybridized carbons (Fsp3) is 0.933. The van der Waals surface area contributed by atoms with Gasteiger partial charge in [-0.2, -0.15) is 0 Å². The summed E-state index contributed by atoms with van der Waals surface area (Å²) in [7, 11) is 0. The van der Waals surface area contributed by atoms with Crippen molar-refractivity contribution in [3.63, 3.8) is 0 Å². The molecule has 4 aliphatic rings. The molecule has 2 atom stereocenters. The van der Waals surface area contributed by atoms with Gasteiger partial charge in [-0.25, -0.2) is 0 Å². The summed E-state index contributed by atoms with van der Waals surface area (Å²) in [6.07, 6.45) is 8.53. The van der Waals surface area contributed by atoms with Gasteiger partial charge in [0.15, 0.2) is 0 Å². The number of halogens is 1. The molecule has 0 N–H and O–H groups in total. The molecule has 1 nitrogen and oxygen atoms in total. The second kappa shape index (κ2) is 3.73. The molecule has 4 bridgehead atoms. The van der Waals surface area contributed by atoms with E-state index in [9.17, 15) is 4.79 Å². The minimum Gasteiger partial charge on any atom is -0.281 e. The van der Waals surface area contributed by atoms with Crippen LogP contribution in [0.15, 0.2) is 0 Å². The Morgan fingerprint density at radius 1 is 1.12 bits per heavy atom. The summed E-state index contributed by atoms with van der Waals surface area (Å²) >= 11 is 6.10. The van der Waals surface area contributed by atoms with E-state index in [4.69, 9.17) is 11.6 Å². The molecule has 0 spiro atoms. The zero-order valence-corrected chi connectivity index (χ0v) is 11.7. The third-order valence-corrected chi connectivity index (χ3v) is 6.91. The van der Waals surface area contributed by atoms with Crippen molar-refractivity contribution in [1.82, 2.24) is 0 Å². The van der Waals surface area contributed by atoms with Crippen molar-refractivity contribution in [3.8, 4) is 0 Å². The zero-order valence-electron chi connectivity index (χ0n) is 11.0. The van der Waals surface area contributed by atoms with E-state index in [0.717, 1.165) is 43.4 Å². The maximum absolute atomic E-state index is 12.2. The average molecular weight is 255 g/mol. The van der Waals surface area contributed by atoms with Crippen molar-refractivity contribution in [2.75, 3.05) is 0 Å². The van der Waals surface area contributed by atoms with E-state index in [-0.39, 0.29) is 16.1 Å². The van der Waals surface area contributed by atoms with Crippen LogP contribution in [0.1, 0.15) is 58.8 Å². The molecular formula is C15H23ClO. The van der Waals surface area contributed by atoms with Crippen molar-refractivity contribution >= 4 is 16.8 Å². The normalized spacial score (nSPS) is 46.2. The molecule has 4 fully saturated rings. The summed E-state index contributed by atoms with van der Waals surface area (Å²) in [5, 5.41) is -0.0136. The quantitative estimate of drug-likeness (QED) is 0.683. The van der Waals surface area contributed by atoms with Crippen LogP contribution >= 0.6 is 11.6 Å². The predicted molar refractivity (Wildman–Crippen MR) is 69.9 cm³/mol. The van der Waals surface area contributed by atoms with E-state index < -0.39 is 0 Å². The van der Waals surface area contributed by atoms with E-state index in [1.807, 2.05) is 0 Å². The molecule has 0 heterocycles. The smallest absolute Gasteiger partial charge is 0.228 e. The molecule has 2 heteroatoms. The molecule has 0 aromatic heterocycles. The summed E-state index contributed by atoms with van der Waals surface area (Å²) in [6, 6.07) is 0. The first kappa shape index (κ1) is 12.0. The number of rotatable bonds is 3. The average Bonchev–Trinajstić information content (AvgIpc) is 2.29. The van der Waals surface area contributed by atoms with Crippen LogP contribution in [0.4, 0.5) is 0 Å². The van der Waals surface area contributed by atoms with Gasteiger partial charge in [-0.3, -0.25) is 4.79 Å². The van der Waals surface area contributed by atoms with Gasteiger partial charge in [0, 0.05) is 0 Å². The lowest BCUT2D eigenvalue weighted by Gasteiger charge is -2.66. The molecule has 0 aromatic rings.